The van der Waals surface area contributed by atoms with E-state index in [0.717, 1.165) is 13.1 Å². The van der Waals surface area contributed by atoms with Crippen LogP contribution in [0.25, 0.3) is 0 Å². The molecule has 0 radical (unpaired) electrons. The summed E-state index contributed by atoms with van der Waals surface area (Å²) < 4.78 is 0. The van der Waals surface area contributed by atoms with Gasteiger partial charge in [-0.2, -0.15) is 0 Å². The molecule has 0 atom stereocenters. The summed E-state index contributed by atoms with van der Waals surface area (Å²) in [5, 5.41) is 2.88. The third-order valence-corrected chi connectivity index (χ3v) is 4.62. The van der Waals surface area contributed by atoms with Crippen molar-refractivity contribution in [2.75, 3.05) is 31.1 Å². The van der Waals surface area contributed by atoms with Crippen LogP contribution in [0.1, 0.15) is 47.3 Å². The van der Waals surface area contributed by atoms with Crippen LogP contribution in [0.15, 0.2) is 42.5 Å². The van der Waals surface area contributed by atoms with E-state index in [0.29, 0.717) is 18.8 Å². The summed E-state index contributed by atoms with van der Waals surface area (Å²) in [5.41, 5.74) is 2.63. The molecule has 6 nitrogen and oxygen atoms in total. The molecule has 2 amide bonds. The molecule has 0 bridgehead atoms. The van der Waals surface area contributed by atoms with Crippen LogP contribution in [0.4, 0.5) is 5.69 Å². The standard InChI is InChI=1S/C22H28N4O2/c1-16-7-5-8-17(15-16)25-11-13-26(14-12-25)21(28)19-10-6-9-18(23-19)20(27)24-22(2,3)4/h5-10,15H,11-14H2,1-4H3,(H,24,27). The second-order valence-corrected chi connectivity index (χ2v) is 8.23. The molecular weight excluding hydrogens is 352 g/mol. The van der Waals surface area contributed by atoms with Gasteiger partial charge >= 0.3 is 0 Å². The van der Waals surface area contributed by atoms with Crippen LogP contribution >= 0.6 is 0 Å². The molecule has 1 aromatic carbocycles. The van der Waals surface area contributed by atoms with Crippen molar-refractivity contribution in [1.29, 1.82) is 0 Å². The lowest BCUT2D eigenvalue weighted by Gasteiger charge is -2.36. The van der Waals surface area contributed by atoms with Gasteiger partial charge in [-0.15, -0.1) is 0 Å². The van der Waals surface area contributed by atoms with E-state index in [2.05, 4.69) is 46.4 Å². The van der Waals surface area contributed by atoms with Gasteiger partial charge in [0.15, 0.2) is 0 Å². The van der Waals surface area contributed by atoms with Crippen LogP contribution in [-0.4, -0.2) is 53.4 Å². The average molecular weight is 380 g/mol. The van der Waals surface area contributed by atoms with Crippen LogP contribution in [0.5, 0.6) is 0 Å². The molecule has 1 N–H and O–H groups in total. The van der Waals surface area contributed by atoms with Crippen molar-refractivity contribution in [2.24, 2.45) is 0 Å². The zero-order chi connectivity index (χ0) is 20.3. The summed E-state index contributed by atoms with van der Waals surface area (Å²) in [4.78, 5) is 33.6. The SMILES string of the molecule is Cc1cccc(N2CCN(C(=O)c3cccc(C(=O)NC(C)(C)C)n3)CC2)c1. The Labute approximate surface area is 166 Å². The molecule has 2 heterocycles. The number of carbonyl (C=O) groups excluding carboxylic acids is 2. The van der Waals surface area contributed by atoms with Gasteiger partial charge in [0.1, 0.15) is 11.4 Å². The molecular formula is C22H28N4O2. The molecule has 1 aliphatic heterocycles. The van der Waals surface area contributed by atoms with Gasteiger partial charge in [-0.25, -0.2) is 4.98 Å². The van der Waals surface area contributed by atoms with Crippen LogP contribution in [0.3, 0.4) is 0 Å². The molecule has 3 rings (SSSR count). The summed E-state index contributed by atoms with van der Waals surface area (Å²) in [6.07, 6.45) is 0. The number of hydrogen-bond acceptors (Lipinski definition) is 4. The molecule has 0 aliphatic carbocycles. The maximum atomic E-state index is 12.9. The number of piperazine rings is 1. The van der Waals surface area contributed by atoms with Crippen molar-refractivity contribution in [2.45, 2.75) is 33.2 Å². The number of anilines is 1. The predicted octanol–water partition coefficient (Wildman–Crippen LogP) is 2.88. The molecule has 1 aromatic heterocycles. The summed E-state index contributed by atoms with van der Waals surface area (Å²) >= 11 is 0. The lowest BCUT2D eigenvalue weighted by molar-refractivity contribution is 0.0740. The Bertz CT molecular complexity index is 865. The van der Waals surface area contributed by atoms with Gasteiger partial charge in [0.05, 0.1) is 0 Å². The Morgan fingerprint density at radius 1 is 0.964 bits per heavy atom. The van der Waals surface area contributed by atoms with Crippen LogP contribution in [0, 0.1) is 6.92 Å². The molecule has 0 spiro atoms. The van der Waals surface area contributed by atoms with E-state index in [1.165, 1.54) is 11.3 Å². The fourth-order valence-corrected chi connectivity index (χ4v) is 3.24. The minimum absolute atomic E-state index is 0.130. The molecule has 28 heavy (non-hydrogen) atoms. The molecule has 6 heteroatoms. The number of aryl methyl sites for hydroxylation is 1. The molecule has 1 aliphatic rings. The van der Waals surface area contributed by atoms with Crippen LogP contribution < -0.4 is 10.2 Å². The van der Waals surface area contributed by atoms with E-state index in [1.807, 2.05) is 20.8 Å². The highest BCUT2D eigenvalue weighted by molar-refractivity contribution is 5.96. The van der Waals surface area contributed by atoms with E-state index >= 15 is 0 Å². The van der Waals surface area contributed by atoms with E-state index < -0.39 is 0 Å². The highest BCUT2D eigenvalue weighted by atomic mass is 16.2. The monoisotopic (exact) mass is 380 g/mol. The number of rotatable bonds is 3. The molecule has 2 aromatic rings. The molecule has 148 valence electrons. The normalized spacial score (nSPS) is 14.7. The molecule has 1 saturated heterocycles. The Morgan fingerprint density at radius 2 is 1.61 bits per heavy atom. The lowest BCUT2D eigenvalue weighted by atomic mass is 10.1. The van der Waals surface area contributed by atoms with Gasteiger partial charge in [0, 0.05) is 37.4 Å². The first-order valence-corrected chi connectivity index (χ1v) is 9.63. The Hall–Kier alpha value is -2.89. The van der Waals surface area contributed by atoms with E-state index in [4.69, 9.17) is 0 Å². The zero-order valence-corrected chi connectivity index (χ0v) is 17.0. The fourth-order valence-electron chi connectivity index (χ4n) is 3.24. The minimum atomic E-state index is -0.356. The van der Waals surface area contributed by atoms with Crippen LogP contribution in [-0.2, 0) is 0 Å². The van der Waals surface area contributed by atoms with Gasteiger partial charge in [-0.05, 0) is 57.5 Å². The predicted molar refractivity (Wildman–Crippen MR) is 111 cm³/mol. The van der Waals surface area contributed by atoms with E-state index in [9.17, 15) is 9.59 Å². The first-order chi connectivity index (χ1) is 13.2. The number of benzene rings is 1. The fraction of sp³-hybridized carbons (Fsp3) is 0.409. The maximum absolute atomic E-state index is 12.9. The zero-order valence-electron chi connectivity index (χ0n) is 17.0. The van der Waals surface area contributed by atoms with Crippen molar-refractivity contribution >= 4 is 17.5 Å². The average Bonchev–Trinajstić information content (AvgIpc) is 2.66. The molecule has 0 saturated carbocycles. The first kappa shape index (κ1) is 19.9. The van der Waals surface area contributed by atoms with Gasteiger partial charge in [0.25, 0.3) is 11.8 Å². The maximum Gasteiger partial charge on any atom is 0.272 e. The topological polar surface area (TPSA) is 65.5 Å². The summed E-state index contributed by atoms with van der Waals surface area (Å²) in [6.45, 7) is 10.6. The van der Waals surface area contributed by atoms with Crippen molar-refractivity contribution in [3.8, 4) is 0 Å². The van der Waals surface area contributed by atoms with Gasteiger partial charge in [0.2, 0.25) is 0 Å². The van der Waals surface area contributed by atoms with Crippen molar-refractivity contribution in [1.82, 2.24) is 15.2 Å². The number of carbonyl (C=O) groups is 2. The van der Waals surface area contributed by atoms with Crippen molar-refractivity contribution in [3.63, 3.8) is 0 Å². The Kier molecular flexibility index (Phi) is 5.68. The minimum Gasteiger partial charge on any atom is -0.368 e. The van der Waals surface area contributed by atoms with Crippen LogP contribution in [0.2, 0.25) is 0 Å². The third-order valence-electron chi connectivity index (χ3n) is 4.62. The Morgan fingerprint density at radius 3 is 2.25 bits per heavy atom. The summed E-state index contributed by atoms with van der Waals surface area (Å²) in [5.74, 6) is -0.402. The summed E-state index contributed by atoms with van der Waals surface area (Å²) in [7, 11) is 0. The highest BCUT2D eigenvalue weighted by Crippen LogP contribution is 2.18. The molecule has 1 fully saturated rings. The molecule has 0 unspecified atom stereocenters. The number of nitrogens with one attached hydrogen (secondary N) is 1. The number of nitrogens with zero attached hydrogens (tertiary/aromatic N) is 3. The first-order valence-electron chi connectivity index (χ1n) is 9.63. The van der Waals surface area contributed by atoms with Crippen molar-refractivity contribution < 1.29 is 9.59 Å². The number of amides is 2. The van der Waals surface area contributed by atoms with Gasteiger partial charge < -0.3 is 15.1 Å². The second kappa shape index (κ2) is 8.00. The smallest absolute Gasteiger partial charge is 0.272 e. The number of hydrogen-bond donors (Lipinski definition) is 1. The quantitative estimate of drug-likeness (QED) is 0.889. The van der Waals surface area contributed by atoms with E-state index in [1.54, 1.807) is 23.1 Å². The van der Waals surface area contributed by atoms with Gasteiger partial charge in [-0.3, -0.25) is 9.59 Å². The largest absolute Gasteiger partial charge is 0.368 e. The number of pyridine rings is 1. The third kappa shape index (κ3) is 4.88. The Balaban J connectivity index is 1.65. The van der Waals surface area contributed by atoms with Crippen molar-refractivity contribution in [3.05, 3.63) is 59.4 Å². The highest BCUT2D eigenvalue weighted by Gasteiger charge is 2.24. The van der Waals surface area contributed by atoms with E-state index in [-0.39, 0.29) is 23.0 Å². The second-order valence-electron chi connectivity index (χ2n) is 8.23. The van der Waals surface area contributed by atoms with Gasteiger partial charge in [-0.1, -0.05) is 18.2 Å². The summed E-state index contributed by atoms with van der Waals surface area (Å²) in [6, 6.07) is 13.4. The number of aromatic nitrogens is 1. The lowest BCUT2D eigenvalue weighted by Crippen LogP contribution is -2.49.